The largest absolute Gasteiger partial charge is 0.325 e. The molecule has 1 unspecified atom stereocenters. The summed E-state index contributed by atoms with van der Waals surface area (Å²) in [5.41, 5.74) is 7.41. The molecule has 1 saturated carbocycles. The smallest absolute Gasteiger partial charge is 0.0206 e. The molecule has 0 aromatic rings. The van der Waals surface area contributed by atoms with Gasteiger partial charge >= 0.3 is 0 Å². The van der Waals surface area contributed by atoms with Crippen LogP contribution in [0.2, 0.25) is 0 Å². The number of nitrogens with two attached hydrogens (primary N) is 1. The maximum Gasteiger partial charge on any atom is 0.0206 e. The first kappa shape index (κ1) is 12.0. The normalized spacial score (nSPS) is 32.1. The van der Waals surface area contributed by atoms with E-state index in [1.165, 1.54) is 32.1 Å². The fourth-order valence-corrected chi connectivity index (χ4v) is 2.49. The molecule has 1 aliphatic carbocycles. The molecule has 0 aromatic carbocycles. The van der Waals surface area contributed by atoms with Crippen LogP contribution in [0, 0.1) is 10.8 Å². The van der Waals surface area contributed by atoms with Crippen LogP contribution in [0.5, 0.6) is 0 Å². The minimum Gasteiger partial charge on any atom is -0.325 e. The molecule has 1 nitrogen and oxygen atoms in total. The standard InChI is InChI=1S/C13H27N/c1-11(2,3)9-10-13(14)8-6-7-12(13,4)5/h6-10,14H2,1-5H3. The highest BCUT2D eigenvalue weighted by atomic mass is 14.8. The van der Waals surface area contributed by atoms with E-state index in [9.17, 15) is 0 Å². The van der Waals surface area contributed by atoms with Crippen LogP contribution < -0.4 is 5.73 Å². The Balaban J connectivity index is 2.58. The number of rotatable bonds is 2. The molecule has 2 N–H and O–H groups in total. The van der Waals surface area contributed by atoms with Crippen LogP contribution in [0.3, 0.4) is 0 Å². The van der Waals surface area contributed by atoms with E-state index in [1.54, 1.807) is 0 Å². The molecule has 1 aliphatic rings. The molecule has 0 heterocycles. The van der Waals surface area contributed by atoms with E-state index in [4.69, 9.17) is 5.73 Å². The number of hydrogen-bond donors (Lipinski definition) is 1. The van der Waals surface area contributed by atoms with Gasteiger partial charge < -0.3 is 5.73 Å². The molecular formula is C13H27N. The zero-order valence-corrected chi connectivity index (χ0v) is 10.6. The first-order chi connectivity index (χ1) is 6.16. The van der Waals surface area contributed by atoms with Crippen LogP contribution in [0.1, 0.15) is 66.7 Å². The van der Waals surface area contributed by atoms with Crippen molar-refractivity contribution in [2.24, 2.45) is 16.6 Å². The van der Waals surface area contributed by atoms with Crippen molar-refractivity contribution in [3.8, 4) is 0 Å². The van der Waals surface area contributed by atoms with Crippen molar-refractivity contribution >= 4 is 0 Å². The Kier molecular flexibility index (Phi) is 3.02. The first-order valence-electron chi connectivity index (χ1n) is 5.95. The molecule has 0 aromatic heterocycles. The van der Waals surface area contributed by atoms with Gasteiger partial charge in [-0.2, -0.15) is 0 Å². The third-order valence-corrected chi connectivity index (χ3v) is 4.09. The minimum atomic E-state index is 0.0975. The van der Waals surface area contributed by atoms with Crippen molar-refractivity contribution in [2.75, 3.05) is 0 Å². The maximum absolute atomic E-state index is 6.54. The summed E-state index contributed by atoms with van der Waals surface area (Å²) in [6, 6.07) is 0. The molecule has 0 amide bonds. The van der Waals surface area contributed by atoms with E-state index in [0.717, 1.165) is 0 Å². The molecule has 1 fully saturated rings. The van der Waals surface area contributed by atoms with Crippen molar-refractivity contribution in [3.63, 3.8) is 0 Å². The van der Waals surface area contributed by atoms with Crippen molar-refractivity contribution < 1.29 is 0 Å². The summed E-state index contributed by atoms with van der Waals surface area (Å²) in [5.74, 6) is 0. The Labute approximate surface area is 89.5 Å². The Morgan fingerprint density at radius 1 is 1.14 bits per heavy atom. The first-order valence-corrected chi connectivity index (χ1v) is 5.95. The third kappa shape index (κ3) is 2.50. The van der Waals surface area contributed by atoms with Gasteiger partial charge in [-0.25, -0.2) is 0 Å². The van der Waals surface area contributed by atoms with Gasteiger partial charge in [-0.05, 0) is 36.5 Å². The summed E-state index contributed by atoms with van der Waals surface area (Å²) in [5, 5.41) is 0. The molecule has 14 heavy (non-hydrogen) atoms. The quantitative estimate of drug-likeness (QED) is 0.717. The molecule has 0 spiro atoms. The molecule has 1 rings (SSSR count). The zero-order valence-electron chi connectivity index (χ0n) is 10.6. The van der Waals surface area contributed by atoms with Crippen LogP contribution in [0.4, 0.5) is 0 Å². The van der Waals surface area contributed by atoms with Crippen molar-refractivity contribution in [1.82, 2.24) is 0 Å². The van der Waals surface area contributed by atoms with E-state index in [-0.39, 0.29) is 5.54 Å². The fourth-order valence-electron chi connectivity index (χ4n) is 2.49. The fraction of sp³-hybridized carbons (Fsp3) is 1.00. The highest BCUT2D eigenvalue weighted by Gasteiger charge is 2.45. The Morgan fingerprint density at radius 3 is 2.07 bits per heavy atom. The molecule has 0 aliphatic heterocycles. The minimum absolute atomic E-state index is 0.0975. The van der Waals surface area contributed by atoms with Crippen LogP contribution in [0.15, 0.2) is 0 Å². The summed E-state index contributed by atoms with van der Waals surface area (Å²) in [7, 11) is 0. The Bertz CT molecular complexity index is 200. The van der Waals surface area contributed by atoms with Crippen LogP contribution >= 0.6 is 0 Å². The average Bonchev–Trinajstić information content (AvgIpc) is 2.23. The lowest BCUT2D eigenvalue weighted by Crippen LogP contribution is -2.49. The second-order valence-electron chi connectivity index (χ2n) is 6.95. The van der Waals surface area contributed by atoms with Gasteiger partial charge in [-0.3, -0.25) is 0 Å². The topological polar surface area (TPSA) is 26.0 Å². The number of hydrogen-bond acceptors (Lipinski definition) is 1. The van der Waals surface area contributed by atoms with E-state index in [2.05, 4.69) is 34.6 Å². The average molecular weight is 197 g/mol. The van der Waals surface area contributed by atoms with Gasteiger partial charge in [-0.15, -0.1) is 0 Å². The molecule has 1 heteroatoms. The van der Waals surface area contributed by atoms with Crippen LogP contribution in [-0.4, -0.2) is 5.54 Å². The SMILES string of the molecule is CC(C)(C)CCC1(N)CCCC1(C)C. The van der Waals surface area contributed by atoms with Gasteiger partial charge in [0.05, 0.1) is 0 Å². The van der Waals surface area contributed by atoms with Gasteiger partial charge in [0.15, 0.2) is 0 Å². The predicted octanol–water partition coefficient (Wildman–Crippen LogP) is 3.72. The van der Waals surface area contributed by atoms with Crippen molar-refractivity contribution in [3.05, 3.63) is 0 Å². The lowest BCUT2D eigenvalue weighted by molar-refractivity contribution is 0.170. The van der Waals surface area contributed by atoms with E-state index in [0.29, 0.717) is 10.8 Å². The Hall–Kier alpha value is -0.0400. The van der Waals surface area contributed by atoms with Crippen molar-refractivity contribution in [2.45, 2.75) is 72.3 Å². The summed E-state index contributed by atoms with van der Waals surface area (Å²) in [4.78, 5) is 0. The summed E-state index contributed by atoms with van der Waals surface area (Å²) < 4.78 is 0. The molecule has 0 bridgehead atoms. The van der Waals surface area contributed by atoms with Gasteiger partial charge in [0.2, 0.25) is 0 Å². The molecule has 1 atom stereocenters. The summed E-state index contributed by atoms with van der Waals surface area (Å²) in [6.07, 6.45) is 6.26. The highest BCUT2D eigenvalue weighted by Crippen LogP contribution is 2.47. The van der Waals surface area contributed by atoms with Gasteiger partial charge in [0, 0.05) is 5.54 Å². The zero-order chi connectivity index (χ0) is 11.0. The Morgan fingerprint density at radius 2 is 1.71 bits per heavy atom. The van der Waals surface area contributed by atoms with E-state index < -0.39 is 0 Å². The second kappa shape index (κ2) is 3.52. The van der Waals surface area contributed by atoms with E-state index in [1.807, 2.05) is 0 Å². The van der Waals surface area contributed by atoms with Gasteiger partial charge in [-0.1, -0.05) is 41.0 Å². The lowest BCUT2D eigenvalue weighted by atomic mass is 9.71. The monoisotopic (exact) mass is 197 g/mol. The lowest BCUT2D eigenvalue weighted by Gasteiger charge is -2.40. The molecular weight excluding hydrogens is 170 g/mol. The molecule has 0 radical (unpaired) electrons. The highest BCUT2D eigenvalue weighted by molar-refractivity contribution is 5.02. The second-order valence-corrected chi connectivity index (χ2v) is 6.95. The van der Waals surface area contributed by atoms with Crippen LogP contribution in [0.25, 0.3) is 0 Å². The van der Waals surface area contributed by atoms with Crippen LogP contribution in [-0.2, 0) is 0 Å². The van der Waals surface area contributed by atoms with Gasteiger partial charge in [0.1, 0.15) is 0 Å². The van der Waals surface area contributed by atoms with Crippen molar-refractivity contribution in [1.29, 1.82) is 0 Å². The third-order valence-electron chi connectivity index (χ3n) is 4.09. The van der Waals surface area contributed by atoms with Gasteiger partial charge in [0.25, 0.3) is 0 Å². The molecule has 84 valence electrons. The summed E-state index contributed by atoms with van der Waals surface area (Å²) >= 11 is 0. The predicted molar refractivity (Wildman–Crippen MR) is 63.2 cm³/mol. The van der Waals surface area contributed by atoms with E-state index >= 15 is 0 Å². The summed E-state index contributed by atoms with van der Waals surface area (Å²) in [6.45, 7) is 11.6. The molecule has 0 saturated heterocycles. The maximum atomic E-state index is 6.54.